The summed E-state index contributed by atoms with van der Waals surface area (Å²) in [6.07, 6.45) is -0.264. The van der Waals surface area contributed by atoms with Gasteiger partial charge in [0.15, 0.2) is 19.9 Å². The minimum Gasteiger partial charge on any atom is -0.508 e. The summed E-state index contributed by atoms with van der Waals surface area (Å²) < 4.78 is 22.3. The van der Waals surface area contributed by atoms with Crippen molar-refractivity contribution < 1.29 is 42.9 Å². The zero-order valence-electron chi connectivity index (χ0n) is 23.5. The van der Waals surface area contributed by atoms with Gasteiger partial charge in [-0.2, -0.15) is 0 Å². The molecule has 39 heavy (non-hydrogen) atoms. The molecule has 2 aromatic carbocycles. The number of carbonyl (C=O) groups excluding carboxylic acids is 4. The molecule has 1 atom stereocenters. The van der Waals surface area contributed by atoms with Crippen LogP contribution in [-0.4, -0.2) is 57.9 Å². The molecule has 0 amide bonds. The SMILES string of the molecule is COC1=CC(=O)c2c(OC)c(C(=O)C(=O)CC(O[Si](C)(C)C(C)(C)C)c3ccccc3O)cc(OC)c2C1=O. The van der Waals surface area contributed by atoms with Crippen molar-refractivity contribution in [1.29, 1.82) is 0 Å². The number of benzene rings is 2. The summed E-state index contributed by atoms with van der Waals surface area (Å²) in [7, 11) is 1.32. The van der Waals surface area contributed by atoms with Gasteiger partial charge in [-0.25, -0.2) is 0 Å². The number of ether oxygens (including phenoxy) is 3. The Morgan fingerprint density at radius 2 is 1.62 bits per heavy atom. The Hall–Kier alpha value is -3.76. The molecule has 1 aliphatic rings. The summed E-state index contributed by atoms with van der Waals surface area (Å²) in [6.45, 7) is 10.1. The summed E-state index contributed by atoms with van der Waals surface area (Å²) in [5.41, 5.74) is -0.141. The first-order chi connectivity index (χ1) is 18.2. The van der Waals surface area contributed by atoms with Gasteiger partial charge in [0, 0.05) is 18.1 Å². The second kappa shape index (κ2) is 11.2. The number of phenols is 1. The van der Waals surface area contributed by atoms with Crippen molar-refractivity contribution >= 4 is 31.5 Å². The third kappa shape index (κ3) is 5.67. The highest BCUT2D eigenvalue weighted by molar-refractivity contribution is 6.74. The molecular formula is C29H34O9Si. The van der Waals surface area contributed by atoms with E-state index in [2.05, 4.69) is 0 Å². The van der Waals surface area contributed by atoms with Crippen LogP contribution in [0.3, 0.4) is 0 Å². The largest absolute Gasteiger partial charge is 0.508 e. The molecule has 1 unspecified atom stereocenters. The molecule has 0 saturated carbocycles. The molecule has 208 valence electrons. The van der Waals surface area contributed by atoms with Crippen LogP contribution in [0, 0.1) is 0 Å². The molecule has 0 fully saturated rings. The maximum Gasteiger partial charge on any atom is 0.232 e. The second-order valence-corrected chi connectivity index (χ2v) is 15.5. The third-order valence-corrected chi connectivity index (χ3v) is 11.7. The fraction of sp³-hybridized carbons (Fsp3) is 0.379. The van der Waals surface area contributed by atoms with Crippen molar-refractivity contribution in [2.24, 2.45) is 0 Å². The number of Topliss-reactive ketones (excluding diaryl/α,β-unsaturated/α-hetero) is 3. The molecule has 2 aromatic rings. The molecule has 0 spiro atoms. The summed E-state index contributed by atoms with van der Waals surface area (Å²) in [6, 6.07) is 7.72. The Balaban J connectivity index is 2.08. The highest BCUT2D eigenvalue weighted by atomic mass is 28.4. The molecule has 0 heterocycles. The van der Waals surface area contributed by atoms with Gasteiger partial charge in [0.1, 0.15) is 17.2 Å². The summed E-state index contributed by atoms with van der Waals surface area (Å²) in [4.78, 5) is 52.9. The predicted molar refractivity (Wildman–Crippen MR) is 146 cm³/mol. The van der Waals surface area contributed by atoms with Gasteiger partial charge < -0.3 is 23.7 Å². The highest BCUT2D eigenvalue weighted by Crippen LogP contribution is 2.43. The average molecular weight is 555 g/mol. The predicted octanol–water partition coefficient (Wildman–Crippen LogP) is 5.22. The number of allylic oxidation sites excluding steroid dienone is 2. The minimum absolute atomic E-state index is 0.0562. The van der Waals surface area contributed by atoms with Gasteiger partial charge in [-0.05, 0) is 30.3 Å². The quantitative estimate of drug-likeness (QED) is 0.239. The Morgan fingerprint density at radius 1 is 0.974 bits per heavy atom. The topological polar surface area (TPSA) is 125 Å². The van der Waals surface area contributed by atoms with Crippen LogP contribution in [0.25, 0.3) is 0 Å². The van der Waals surface area contributed by atoms with E-state index in [1.165, 1.54) is 33.5 Å². The van der Waals surface area contributed by atoms with Gasteiger partial charge in [0.2, 0.25) is 17.3 Å². The molecule has 0 saturated heterocycles. The van der Waals surface area contributed by atoms with Crippen LogP contribution in [0.1, 0.15) is 69.9 Å². The van der Waals surface area contributed by atoms with Gasteiger partial charge in [-0.15, -0.1) is 0 Å². The zero-order chi connectivity index (χ0) is 29.3. The van der Waals surface area contributed by atoms with Crippen LogP contribution >= 0.6 is 0 Å². The first kappa shape index (κ1) is 29.8. The lowest BCUT2D eigenvalue weighted by Crippen LogP contribution is -2.42. The maximum atomic E-state index is 13.6. The Labute approximate surface area is 228 Å². The van der Waals surface area contributed by atoms with E-state index >= 15 is 0 Å². The Bertz CT molecular complexity index is 1370. The summed E-state index contributed by atoms with van der Waals surface area (Å²) in [5.74, 6) is -3.55. The van der Waals surface area contributed by atoms with Crippen LogP contribution in [0.15, 0.2) is 42.2 Å². The van der Waals surface area contributed by atoms with Gasteiger partial charge in [-0.3, -0.25) is 19.2 Å². The van der Waals surface area contributed by atoms with E-state index in [9.17, 15) is 24.3 Å². The number of hydrogen-bond acceptors (Lipinski definition) is 9. The van der Waals surface area contributed by atoms with Gasteiger partial charge >= 0.3 is 0 Å². The number of aromatic hydroxyl groups is 1. The monoisotopic (exact) mass is 554 g/mol. The Morgan fingerprint density at radius 3 is 2.15 bits per heavy atom. The molecule has 0 aromatic heterocycles. The van der Waals surface area contributed by atoms with Crippen LogP contribution in [0.2, 0.25) is 18.1 Å². The molecule has 0 aliphatic heterocycles. The lowest BCUT2D eigenvalue weighted by molar-refractivity contribution is -0.116. The number of ketones is 4. The normalized spacial score (nSPS) is 14.3. The van der Waals surface area contributed by atoms with Crippen molar-refractivity contribution in [3.05, 3.63) is 64.4 Å². The Kier molecular flexibility index (Phi) is 8.52. The standard InChI is InChI=1S/C29H34O9Si/c1-29(2,3)39(7,8)38-21(16-11-9-10-12-18(16)30)15-20(32)26(33)17-13-22(35-4)25-24(28(17)37-6)19(31)14-23(36-5)27(25)34/h9-14,21,30H,15H2,1-8H3. The lowest BCUT2D eigenvalue weighted by Gasteiger charge is -2.39. The number of methoxy groups -OCH3 is 3. The average Bonchev–Trinajstić information content (AvgIpc) is 2.88. The van der Waals surface area contributed by atoms with Crippen molar-refractivity contribution in [2.45, 2.75) is 51.4 Å². The van der Waals surface area contributed by atoms with Crippen LogP contribution in [0.5, 0.6) is 17.2 Å². The van der Waals surface area contributed by atoms with E-state index in [0.717, 1.165) is 6.08 Å². The number of para-hydroxylation sites is 1. The van der Waals surface area contributed by atoms with Crippen molar-refractivity contribution in [2.75, 3.05) is 21.3 Å². The van der Waals surface area contributed by atoms with E-state index in [1.54, 1.807) is 18.2 Å². The summed E-state index contributed by atoms with van der Waals surface area (Å²) >= 11 is 0. The van der Waals surface area contributed by atoms with Crippen molar-refractivity contribution in [1.82, 2.24) is 0 Å². The molecule has 1 N–H and O–H groups in total. The smallest absolute Gasteiger partial charge is 0.232 e. The van der Waals surface area contributed by atoms with Crippen LogP contribution < -0.4 is 9.47 Å². The molecule has 0 radical (unpaired) electrons. The molecule has 0 bridgehead atoms. The van der Waals surface area contributed by atoms with E-state index in [1.807, 2.05) is 33.9 Å². The van der Waals surface area contributed by atoms with E-state index < -0.39 is 37.6 Å². The second-order valence-electron chi connectivity index (χ2n) is 10.7. The number of fused-ring (bicyclic) bond motifs is 1. The molecule has 3 rings (SSSR count). The van der Waals surface area contributed by atoms with Crippen LogP contribution in [0.4, 0.5) is 0 Å². The van der Waals surface area contributed by atoms with Gasteiger partial charge in [-0.1, -0.05) is 39.0 Å². The number of hydrogen-bond donors (Lipinski definition) is 1. The number of carbonyl (C=O) groups is 4. The molecule has 1 aliphatic carbocycles. The molecule has 10 heteroatoms. The summed E-state index contributed by atoms with van der Waals surface area (Å²) in [5, 5.41) is 10.3. The van der Waals surface area contributed by atoms with Crippen molar-refractivity contribution in [3.8, 4) is 17.2 Å². The highest BCUT2D eigenvalue weighted by Gasteiger charge is 2.41. The molecular weight excluding hydrogens is 520 g/mol. The first-order valence-corrected chi connectivity index (χ1v) is 15.3. The lowest BCUT2D eigenvalue weighted by atomic mass is 9.87. The van der Waals surface area contributed by atoms with E-state index in [0.29, 0.717) is 5.56 Å². The zero-order valence-corrected chi connectivity index (χ0v) is 24.5. The third-order valence-electron chi connectivity index (χ3n) is 7.24. The number of rotatable bonds is 10. The van der Waals surface area contributed by atoms with Gasteiger partial charge in [0.25, 0.3) is 0 Å². The van der Waals surface area contributed by atoms with Gasteiger partial charge in [0.05, 0.1) is 44.1 Å². The van der Waals surface area contributed by atoms with Crippen LogP contribution in [-0.2, 0) is 14.0 Å². The fourth-order valence-corrected chi connectivity index (χ4v) is 5.37. The molecule has 9 nitrogen and oxygen atoms in total. The van der Waals surface area contributed by atoms with Crippen molar-refractivity contribution in [3.63, 3.8) is 0 Å². The fourth-order valence-electron chi connectivity index (χ4n) is 4.09. The maximum absolute atomic E-state index is 13.6. The number of phenolic OH excluding ortho intramolecular Hbond substituents is 1. The first-order valence-electron chi connectivity index (χ1n) is 12.3. The minimum atomic E-state index is -2.45. The van der Waals surface area contributed by atoms with E-state index in [-0.39, 0.29) is 51.2 Å². The van der Waals surface area contributed by atoms with E-state index in [4.69, 9.17) is 18.6 Å².